The van der Waals surface area contributed by atoms with Crippen LogP contribution in [0.15, 0.2) is 24.3 Å². The molecule has 0 heterocycles. The van der Waals surface area contributed by atoms with Gasteiger partial charge in [0.15, 0.2) is 0 Å². The summed E-state index contributed by atoms with van der Waals surface area (Å²) in [5.41, 5.74) is 0.986. The van der Waals surface area contributed by atoms with Gasteiger partial charge in [0, 0.05) is 0 Å². The molecule has 1 aromatic rings. The van der Waals surface area contributed by atoms with Gasteiger partial charge in [0.05, 0.1) is 13.2 Å². The standard InChI is InChI=1S/C12H13NO2/c1-4-12(14)13-9(2)10-5-7-11(15-3)8-6-10/h1,5-9H,2-3H3,(H,13,14). The van der Waals surface area contributed by atoms with Crippen LogP contribution in [-0.2, 0) is 4.79 Å². The van der Waals surface area contributed by atoms with Crippen molar-refractivity contribution in [1.29, 1.82) is 0 Å². The Morgan fingerprint density at radius 2 is 2.07 bits per heavy atom. The second-order valence-electron chi connectivity index (χ2n) is 3.11. The van der Waals surface area contributed by atoms with Gasteiger partial charge < -0.3 is 10.1 Å². The number of ether oxygens (including phenoxy) is 1. The molecule has 0 fully saturated rings. The lowest BCUT2D eigenvalue weighted by molar-refractivity contribution is -0.116. The van der Waals surface area contributed by atoms with E-state index in [1.54, 1.807) is 7.11 Å². The van der Waals surface area contributed by atoms with Crippen molar-refractivity contribution in [3.8, 4) is 18.1 Å². The molecule has 0 spiro atoms. The van der Waals surface area contributed by atoms with Gasteiger partial charge in [-0.05, 0) is 30.5 Å². The number of amides is 1. The van der Waals surface area contributed by atoms with Gasteiger partial charge in [0.1, 0.15) is 5.75 Å². The van der Waals surface area contributed by atoms with Crippen LogP contribution in [0.25, 0.3) is 0 Å². The monoisotopic (exact) mass is 203 g/mol. The minimum atomic E-state index is -0.404. The van der Waals surface area contributed by atoms with E-state index in [9.17, 15) is 4.79 Å². The van der Waals surface area contributed by atoms with Crippen molar-refractivity contribution >= 4 is 5.91 Å². The smallest absolute Gasteiger partial charge is 0.296 e. The Morgan fingerprint density at radius 1 is 1.47 bits per heavy atom. The van der Waals surface area contributed by atoms with Crippen molar-refractivity contribution in [2.75, 3.05) is 7.11 Å². The largest absolute Gasteiger partial charge is 0.497 e. The molecular formula is C12H13NO2. The van der Waals surface area contributed by atoms with E-state index < -0.39 is 5.91 Å². The van der Waals surface area contributed by atoms with Gasteiger partial charge in [0.2, 0.25) is 0 Å². The van der Waals surface area contributed by atoms with Crippen molar-refractivity contribution in [3.63, 3.8) is 0 Å². The highest BCUT2D eigenvalue weighted by Gasteiger charge is 2.07. The minimum Gasteiger partial charge on any atom is -0.497 e. The first-order valence-electron chi connectivity index (χ1n) is 4.58. The van der Waals surface area contributed by atoms with Crippen LogP contribution < -0.4 is 10.1 Å². The van der Waals surface area contributed by atoms with E-state index in [4.69, 9.17) is 11.2 Å². The number of hydrogen-bond donors (Lipinski definition) is 1. The maximum atomic E-state index is 10.9. The topological polar surface area (TPSA) is 38.3 Å². The third-order valence-corrected chi connectivity index (χ3v) is 2.09. The van der Waals surface area contributed by atoms with Crippen molar-refractivity contribution in [2.45, 2.75) is 13.0 Å². The third kappa shape index (κ3) is 3.03. The molecule has 1 amide bonds. The van der Waals surface area contributed by atoms with Crippen LogP contribution in [0.5, 0.6) is 5.75 Å². The minimum absolute atomic E-state index is 0.0977. The van der Waals surface area contributed by atoms with Gasteiger partial charge >= 0.3 is 0 Å². The maximum absolute atomic E-state index is 10.9. The molecular weight excluding hydrogens is 190 g/mol. The molecule has 1 atom stereocenters. The Morgan fingerprint density at radius 3 is 2.53 bits per heavy atom. The molecule has 0 saturated carbocycles. The highest BCUT2D eigenvalue weighted by atomic mass is 16.5. The van der Waals surface area contributed by atoms with Crippen LogP contribution in [0.2, 0.25) is 0 Å². The lowest BCUT2D eigenvalue weighted by Crippen LogP contribution is -2.24. The molecule has 3 heteroatoms. The van der Waals surface area contributed by atoms with Gasteiger partial charge in [-0.15, -0.1) is 6.42 Å². The number of methoxy groups -OCH3 is 1. The molecule has 0 aromatic heterocycles. The summed E-state index contributed by atoms with van der Waals surface area (Å²) in [4.78, 5) is 10.9. The Hall–Kier alpha value is -1.95. The first kappa shape index (κ1) is 11.1. The summed E-state index contributed by atoms with van der Waals surface area (Å²) in [5.74, 6) is 2.40. The van der Waals surface area contributed by atoms with Crippen molar-refractivity contribution in [3.05, 3.63) is 29.8 Å². The lowest BCUT2D eigenvalue weighted by Gasteiger charge is -2.12. The van der Waals surface area contributed by atoms with E-state index in [0.29, 0.717) is 0 Å². The number of nitrogens with one attached hydrogen (secondary N) is 1. The van der Waals surface area contributed by atoms with Crippen LogP contribution in [0.3, 0.4) is 0 Å². The Bertz CT molecular complexity index is 376. The van der Waals surface area contributed by atoms with Gasteiger partial charge in [-0.3, -0.25) is 4.79 Å². The average molecular weight is 203 g/mol. The zero-order chi connectivity index (χ0) is 11.3. The number of hydrogen-bond acceptors (Lipinski definition) is 2. The maximum Gasteiger partial charge on any atom is 0.296 e. The van der Waals surface area contributed by atoms with Crippen LogP contribution in [0.4, 0.5) is 0 Å². The van der Waals surface area contributed by atoms with Crippen molar-refractivity contribution in [2.24, 2.45) is 0 Å². The summed E-state index contributed by atoms with van der Waals surface area (Å²) in [5, 5.41) is 2.67. The summed E-state index contributed by atoms with van der Waals surface area (Å²) in [6.45, 7) is 1.87. The van der Waals surface area contributed by atoms with Gasteiger partial charge in [-0.2, -0.15) is 0 Å². The van der Waals surface area contributed by atoms with Gasteiger partial charge in [-0.1, -0.05) is 12.1 Å². The van der Waals surface area contributed by atoms with Crippen LogP contribution in [-0.4, -0.2) is 13.0 Å². The summed E-state index contributed by atoms with van der Waals surface area (Å²) >= 11 is 0. The molecule has 1 aromatic carbocycles. The molecule has 0 saturated heterocycles. The normalized spacial score (nSPS) is 11.3. The third-order valence-electron chi connectivity index (χ3n) is 2.09. The van der Waals surface area contributed by atoms with E-state index in [-0.39, 0.29) is 6.04 Å². The number of benzene rings is 1. The van der Waals surface area contributed by atoms with Gasteiger partial charge in [0.25, 0.3) is 5.91 Å². The second-order valence-corrected chi connectivity index (χ2v) is 3.11. The van der Waals surface area contributed by atoms with Crippen LogP contribution in [0.1, 0.15) is 18.5 Å². The highest BCUT2D eigenvalue weighted by molar-refractivity contribution is 5.93. The Balaban J connectivity index is 2.70. The zero-order valence-electron chi connectivity index (χ0n) is 8.78. The van der Waals surface area contributed by atoms with Gasteiger partial charge in [-0.25, -0.2) is 0 Å². The van der Waals surface area contributed by atoms with Crippen molar-refractivity contribution in [1.82, 2.24) is 5.32 Å². The molecule has 0 bridgehead atoms. The molecule has 78 valence electrons. The molecule has 0 radical (unpaired) electrons. The van der Waals surface area contributed by atoms with Crippen LogP contribution in [0, 0.1) is 12.3 Å². The molecule has 0 aliphatic rings. The summed E-state index contributed by atoms with van der Waals surface area (Å²) < 4.78 is 5.03. The van der Waals surface area contributed by atoms with E-state index in [1.807, 2.05) is 37.1 Å². The molecule has 1 unspecified atom stereocenters. The molecule has 3 nitrogen and oxygen atoms in total. The fraction of sp³-hybridized carbons (Fsp3) is 0.250. The number of carbonyl (C=O) groups excluding carboxylic acids is 1. The fourth-order valence-corrected chi connectivity index (χ4v) is 1.21. The number of terminal acetylenes is 1. The second kappa shape index (κ2) is 5.06. The molecule has 15 heavy (non-hydrogen) atoms. The first-order valence-corrected chi connectivity index (χ1v) is 4.58. The number of carbonyl (C=O) groups is 1. The van der Waals surface area contributed by atoms with Crippen molar-refractivity contribution < 1.29 is 9.53 Å². The number of rotatable bonds is 3. The average Bonchev–Trinajstić information content (AvgIpc) is 2.29. The first-order chi connectivity index (χ1) is 7.17. The van der Waals surface area contributed by atoms with E-state index in [2.05, 4.69) is 5.32 Å². The fourth-order valence-electron chi connectivity index (χ4n) is 1.21. The predicted molar refractivity (Wildman–Crippen MR) is 58.4 cm³/mol. The zero-order valence-corrected chi connectivity index (χ0v) is 8.78. The Labute approximate surface area is 89.4 Å². The van der Waals surface area contributed by atoms with Crippen LogP contribution >= 0.6 is 0 Å². The van der Waals surface area contributed by atoms with E-state index >= 15 is 0 Å². The molecule has 1 rings (SSSR count). The van der Waals surface area contributed by atoms with E-state index in [0.717, 1.165) is 11.3 Å². The SMILES string of the molecule is C#CC(=O)NC(C)c1ccc(OC)cc1. The molecule has 0 aliphatic carbocycles. The Kier molecular flexibility index (Phi) is 3.75. The lowest BCUT2D eigenvalue weighted by atomic mass is 10.1. The molecule has 1 N–H and O–H groups in total. The summed E-state index contributed by atoms with van der Waals surface area (Å²) in [7, 11) is 1.61. The van der Waals surface area contributed by atoms with E-state index in [1.165, 1.54) is 0 Å². The summed E-state index contributed by atoms with van der Waals surface area (Å²) in [6, 6.07) is 7.36. The molecule has 0 aliphatic heterocycles. The highest BCUT2D eigenvalue weighted by Crippen LogP contribution is 2.16. The quantitative estimate of drug-likeness (QED) is 0.756. The summed E-state index contributed by atoms with van der Waals surface area (Å²) in [6.07, 6.45) is 4.96. The predicted octanol–water partition coefficient (Wildman–Crippen LogP) is 1.51.